The Labute approximate surface area is 184 Å². The van der Waals surface area contributed by atoms with E-state index in [9.17, 15) is 23.1 Å². The van der Waals surface area contributed by atoms with E-state index in [2.05, 4.69) is 19.9 Å². The van der Waals surface area contributed by atoms with Gasteiger partial charge in [-0.3, -0.25) is 4.79 Å². The molecule has 5 rings (SSSR count). The quantitative estimate of drug-likeness (QED) is 0.476. The van der Waals surface area contributed by atoms with E-state index in [4.69, 9.17) is 8.83 Å². The minimum atomic E-state index is -3.12. The van der Waals surface area contributed by atoms with E-state index in [1.807, 2.05) is 0 Å². The Hall–Kier alpha value is -3.67. The number of fused-ring (bicyclic) bond motifs is 2. The van der Waals surface area contributed by atoms with Gasteiger partial charge in [-0.25, -0.2) is 28.1 Å². The van der Waals surface area contributed by atoms with Crippen LogP contribution in [0.3, 0.4) is 0 Å². The molecular formula is C21H18F3N5O4. The maximum absolute atomic E-state index is 14.2. The number of aromatic amines is 1. The molecule has 0 bridgehead atoms. The molecule has 0 radical (unpaired) electrons. The lowest BCUT2D eigenvalue weighted by molar-refractivity contribution is 0.0436. The molecule has 0 saturated carbocycles. The van der Waals surface area contributed by atoms with Crippen LogP contribution in [0.15, 0.2) is 33.4 Å². The summed E-state index contributed by atoms with van der Waals surface area (Å²) in [6.07, 6.45) is -1.34. The van der Waals surface area contributed by atoms with E-state index in [-0.39, 0.29) is 23.5 Å². The van der Waals surface area contributed by atoms with Crippen LogP contribution in [0.4, 0.5) is 13.2 Å². The van der Waals surface area contributed by atoms with E-state index in [0.29, 0.717) is 17.8 Å². The lowest BCUT2D eigenvalue weighted by Crippen LogP contribution is -2.41. The summed E-state index contributed by atoms with van der Waals surface area (Å²) in [5, 5.41) is 10.1. The molecule has 0 fully saturated rings. The summed E-state index contributed by atoms with van der Waals surface area (Å²) in [4.78, 5) is 29.9. The molecule has 2 N–H and O–H groups in total. The molecule has 3 aromatic heterocycles. The summed E-state index contributed by atoms with van der Waals surface area (Å²) < 4.78 is 52.5. The first kappa shape index (κ1) is 21.2. The molecule has 33 heavy (non-hydrogen) atoms. The molecule has 4 aromatic rings. The second-order valence-corrected chi connectivity index (χ2v) is 8.15. The predicted molar refractivity (Wildman–Crippen MR) is 106 cm³/mol. The molecule has 1 atom stereocenters. The third-order valence-corrected chi connectivity index (χ3v) is 5.38. The van der Waals surface area contributed by atoms with Crippen LogP contribution in [0.1, 0.15) is 65.7 Å². The van der Waals surface area contributed by atoms with Gasteiger partial charge in [0.25, 0.3) is 12.3 Å². The van der Waals surface area contributed by atoms with Crippen molar-refractivity contribution in [2.45, 2.75) is 38.3 Å². The first-order valence-electron chi connectivity index (χ1n) is 10.0. The monoisotopic (exact) mass is 461 g/mol. The van der Waals surface area contributed by atoms with Crippen molar-refractivity contribution < 1.29 is 31.9 Å². The Morgan fingerprint density at radius 1 is 1.30 bits per heavy atom. The van der Waals surface area contributed by atoms with E-state index < -0.39 is 47.1 Å². The number of para-hydroxylation sites is 1. The summed E-state index contributed by atoms with van der Waals surface area (Å²) in [5.41, 5.74) is -1.33. The zero-order valence-electron chi connectivity index (χ0n) is 17.5. The van der Waals surface area contributed by atoms with Crippen LogP contribution < -0.4 is 0 Å². The first-order chi connectivity index (χ1) is 15.6. The molecule has 1 aromatic carbocycles. The summed E-state index contributed by atoms with van der Waals surface area (Å²) in [6.45, 7) is 2.69. The number of nitrogens with one attached hydrogen (secondary N) is 1. The molecular weight excluding hydrogens is 443 g/mol. The molecule has 0 aliphatic carbocycles. The third-order valence-electron chi connectivity index (χ3n) is 5.38. The lowest BCUT2D eigenvalue weighted by Gasteiger charge is -2.32. The van der Waals surface area contributed by atoms with Gasteiger partial charge in [-0.2, -0.15) is 0 Å². The Balaban J connectivity index is 1.63. The van der Waals surface area contributed by atoms with Crippen LogP contribution in [-0.4, -0.2) is 42.4 Å². The van der Waals surface area contributed by atoms with Crippen LogP contribution in [0.5, 0.6) is 0 Å². The minimum Gasteiger partial charge on any atom is -0.435 e. The van der Waals surface area contributed by atoms with E-state index in [1.165, 1.54) is 37.2 Å². The van der Waals surface area contributed by atoms with Crippen molar-refractivity contribution in [2.75, 3.05) is 6.54 Å². The summed E-state index contributed by atoms with van der Waals surface area (Å²) in [7, 11) is 0. The van der Waals surface area contributed by atoms with Gasteiger partial charge in [-0.15, -0.1) is 0 Å². The summed E-state index contributed by atoms with van der Waals surface area (Å²) in [6, 6.07) is 3.20. The smallest absolute Gasteiger partial charge is 0.292 e. The number of benzene rings is 1. The minimum absolute atomic E-state index is 0.0303. The van der Waals surface area contributed by atoms with Crippen molar-refractivity contribution >= 4 is 17.0 Å². The highest BCUT2D eigenvalue weighted by atomic mass is 19.3. The van der Waals surface area contributed by atoms with Crippen LogP contribution in [0.25, 0.3) is 11.1 Å². The molecule has 172 valence electrons. The molecule has 9 nitrogen and oxygen atoms in total. The van der Waals surface area contributed by atoms with Crippen molar-refractivity contribution in [3.63, 3.8) is 0 Å². The molecule has 4 heterocycles. The van der Waals surface area contributed by atoms with Gasteiger partial charge in [-0.05, 0) is 26.0 Å². The molecule has 1 amide bonds. The number of H-pyrrole nitrogens is 1. The number of imidazole rings is 1. The maximum atomic E-state index is 14.2. The standard InChI is InChI=1S/C21H18F3N5O4/c1-21(2,31)20-28-13(17(23)24)16(33-20)19(30)29-7-6-10-12(26-8-25-10)14(29)18-27-11-5-3-4-9(22)15(11)32-18/h3-5,8,14,17,31H,6-7H2,1-2H3,(H,25,26)/t14-/m0/s1. The van der Waals surface area contributed by atoms with Gasteiger partial charge in [0.1, 0.15) is 11.1 Å². The maximum Gasteiger partial charge on any atom is 0.292 e. The zero-order chi connectivity index (χ0) is 23.5. The number of rotatable bonds is 4. The first-order valence-corrected chi connectivity index (χ1v) is 10.0. The zero-order valence-corrected chi connectivity index (χ0v) is 17.5. The number of hydrogen-bond donors (Lipinski definition) is 2. The second-order valence-electron chi connectivity index (χ2n) is 8.15. The molecule has 1 aliphatic heterocycles. The van der Waals surface area contributed by atoms with Crippen LogP contribution in [-0.2, 0) is 12.0 Å². The lowest BCUT2D eigenvalue weighted by atomic mass is 10.0. The second kappa shape index (κ2) is 7.44. The number of alkyl halides is 2. The number of aliphatic hydroxyl groups is 1. The molecule has 1 aliphatic rings. The topological polar surface area (TPSA) is 121 Å². The van der Waals surface area contributed by atoms with Gasteiger partial charge in [0.05, 0.1) is 12.0 Å². The summed E-state index contributed by atoms with van der Waals surface area (Å²) >= 11 is 0. The number of carbonyl (C=O) groups is 1. The van der Waals surface area contributed by atoms with Gasteiger partial charge in [0.2, 0.25) is 17.5 Å². The number of oxazole rings is 2. The molecule has 0 spiro atoms. The van der Waals surface area contributed by atoms with Crippen molar-refractivity contribution in [2.24, 2.45) is 0 Å². The number of aromatic nitrogens is 4. The van der Waals surface area contributed by atoms with Gasteiger partial charge < -0.3 is 23.8 Å². The van der Waals surface area contributed by atoms with E-state index >= 15 is 0 Å². The Morgan fingerprint density at radius 3 is 2.79 bits per heavy atom. The van der Waals surface area contributed by atoms with Crippen molar-refractivity contribution in [3.05, 3.63) is 65.0 Å². The van der Waals surface area contributed by atoms with Crippen LogP contribution >= 0.6 is 0 Å². The number of halogens is 3. The van der Waals surface area contributed by atoms with Gasteiger partial charge in [-0.1, -0.05) is 6.07 Å². The highest BCUT2D eigenvalue weighted by molar-refractivity contribution is 5.93. The highest BCUT2D eigenvalue weighted by Crippen LogP contribution is 2.37. The largest absolute Gasteiger partial charge is 0.435 e. The Morgan fingerprint density at radius 2 is 2.09 bits per heavy atom. The normalized spacial score (nSPS) is 16.6. The van der Waals surface area contributed by atoms with Crippen molar-refractivity contribution in [1.82, 2.24) is 24.8 Å². The highest BCUT2D eigenvalue weighted by Gasteiger charge is 2.42. The van der Waals surface area contributed by atoms with Crippen molar-refractivity contribution in [3.8, 4) is 0 Å². The average molecular weight is 461 g/mol. The van der Waals surface area contributed by atoms with E-state index in [0.717, 1.165) is 0 Å². The Kier molecular flexibility index (Phi) is 4.78. The number of hydrogen-bond acceptors (Lipinski definition) is 7. The van der Waals surface area contributed by atoms with Gasteiger partial charge >= 0.3 is 0 Å². The fourth-order valence-corrected chi connectivity index (χ4v) is 3.82. The molecule has 0 unspecified atom stereocenters. The number of amides is 1. The molecule has 12 heteroatoms. The fraction of sp³-hybridized carbons (Fsp3) is 0.333. The van der Waals surface area contributed by atoms with Crippen LogP contribution in [0.2, 0.25) is 0 Å². The predicted octanol–water partition coefficient (Wildman–Crippen LogP) is 3.63. The van der Waals surface area contributed by atoms with Gasteiger partial charge in [0, 0.05) is 18.7 Å². The number of carbonyl (C=O) groups excluding carboxylic acids is 1. The van der Waals surface area contributed by atoms with Crippen LogP contribution in [0, 0.1) is 5.82 Å². The molecule has 0 saturated heterocycles. The third kappa shape index (κ3) is 3.46. The Bertz CT molecular complexity index is 1350. The number of nitrogens with zero attached hydrogens (tertiary/aromatic N) is 4. The SMILES string of the molecule is CC(C)(O)c1nc(C(F)F)c(C(=O)N2CCc3[nH]cnc3[C@H]2c2nc3cccc(F)c3o2)o1. The van der Waals surface area contributed by atoms with E-state index in [1.54, 1.807) is 6.07 Å². The van der Waals surface area contributed by atoms with Crippen molar-refractivity contribution in [1.29, 1.82) is 0 Å². The average Bonchev–Trinajstić information content (AvgIpc) is 3.49. The van der Waals surface area contributed by atoms with Gasteiger partial charge in [0.15, 0.2) is 23.1 Å². The summed E-state index contributed by atoms with van der Waals surface area (Å²) in [5.74, 6) is -2.69. The fourth-order valence-electron chi connectivity index (χ4n) is 3.82.